The molecule has 1 aliphatic carbocycles. The molecule has 0 aromatic rings. The van der Waals surface area contributed by atoms with Gasteiger partial charge in [-0.25, -0.2) is 13.1 Å². The van der Waals surface area contributed by atoms with Gasteiger partial charge in [0.2, 0.25) is 10.0 Å². The van der Waals surface area contributed by atoms with E-state index in [0.717, 1.165) is 12.8 Å². The molecule has 1 atom stereocenters. The van der Waals surface area contributed by atoms with Gasteiger partial charge >= 0.3 is 0 Å². The zero-order valence-electron chi connectivity index (χ0n) is 9.81. The van der Waals surface area contributed by atoms with Crippen LogP contribution in [0.3, 0.4) is 0 Å². The summed E-state index contributed by atoms with van der Waals surface area (Å²) in [5.41, 5.74) is 5.39. The summed E-state index contributed by atoms with van der Waals surface area (Å²) in [6.45, 7) is 2.14. The summed E-state index contributed by atoms with van der Waals surface area (Å²) >= 11 is 0. The monoisotopic (exact) mass is 270 g/mol. The molecule has 16 heavy (non-hydrogen) atoms. The molecular weight excluding hydrogens is 248 g/mol. The zero-order chi connectivity index (χ0) is 11.3. The summed E-state index contributed by atoms with van der Waals surface area (Å²) in [6.07, 6.45) is 5.71. The van der Waals surface area contributed by atoms with E-state index in [2.05, 4.69) is 4.72 Å². The van der Waals surface area contributed by atoms with Crippen LogP contribution < -0.4 is 10.5 Å². The number of hydrogen-bond donors (Lipinski definition) is 2. The Labute approximate surface area is 105 Å². The van der Waals surface area contributed by atoms with Crippen molar-refractivity contribution in [3.63, 3.8) is 0 Å². The normalized spacial score (nSPS) is 20.1. The van der Waals surface area contributed by atoms with Crippen LogP contribution in [0.5, 0.6) is 0 Å². The molecule has 1 aliphatic rings. The van der Waals surface area contributed by atoms with Crippen molar-refractivity contribution < 1.29 is 8.42 Å². The van der Waals surface area contributed by atoms with E-state index in [9.17, 15) is 8.42 Å². The molecule has 98 valence electrons. The Morgan fingerprint density at radius 1 is 1.31 bits per heavy atom. The molecule has 1 fully saturated rings. The second kappa shape index (κ2) is 7.48. The third-order valence-corrected chi connectivity index (χ3v) is 4.59. The second-order valence-corrected chi connectivity index (χ2v) is 6.34. The molecule has 0 radical (unpaired) electrons. The standard InChI is InChI=1S/C10H22N2O2S.ClH/c1-9(7-11)12-15(13,14)8-10-5-3-2-4-6-10;/h9-10,12H,2-8,11H2,1H3;1H/t9-;/m0./s1. The Morgan fingerprint density at radius 2 is 1.88 bits per heavy atom. The minimum Gasteiger partial charge on any atom is -0.329 e. The molecule has 0 heterocycles. The van der Waals surface area contributed by atoms with Gasteiger partial charge in [0.25, 0.3) is 0 Å². The number of sulfonamides is 1. The summed E-state index contributed by atoms with van der Waals surface area (Å²) in [5.74, 6) is 0.623. The quantitative estimate of drug-likeness (QED) is 0.790. The lowest BCUT2D eigenvalue weighted by Gasteiger charge is -2.22. The first-order valence-corrected chi connectivity index (χ1v) is 7.39. The highest BCUT2D eigenvalue weighted by Gasteiger charge is 2.22. The van der Waals surface area contributed by atoms with Crippen LogP contribution >= 0.6 is 12.4 Å². The minimum atomic E-state index is -3.12. The van der Waals surface area contributed by atoms with E-state index < -0.39 is 10.0 Å². The van der Waals surface area contributed by atoms with Crippen molar-refractivity contribution in [1.29, 1.82) is 0 Å². The minimum absolute atomic E-state index is 0. The van der Waals surface area contributed by atoms with Crippen LogP contribution in [0.15, 0.2) is 0 Å². The average Bonchev–Trinajstić information content (AvgIpc) is 2.17. The van der Waals surface area contributed by atoms with Crippen LogP contribution in [0.4, 0.5) is 0 Å². The maximum absolute atomic E-state index is 11.7. The fourth-order valence-corrected chi connectivity index (χ4v) is 3.83. The first-order chi connectivity index (χ1) is 7.03. The Morgan fingerprint density at radius 3 is 2.38 bits per heavy atom. The van der Waals surface area contributed by atoms with Crippen molar-refractivity contribution in [1.82, 2.24) is 4.72 Å². The molecule has 4 nitrogen and oxygen atoms in total. The highest BCUT2D eigenvalue weighted by atomic mass is 35.5. The van der Waals surface area contributed by atoms with Crippen molar-refractivity contribution >= 4 is 22.4 Å². The summed E-state index contributed by atoms with van der Waals surface area (Å²) in [7, 11) is -3.12. The first-order valence-electron chi connectivity index (χ1n) is 5.73. The molecule has 6 heteroatoms. The van der Waals surface area contributed by atoms with Crippen molar-refractivity contribution in [2.75, 3.05) is 12.3 Å². The highest BCUT2D eigenvalue weighted by molar-refractivity contribution is 7.89. The Bertz CT molecular complexity index is 277. The lowest BCUT2D eigenvalue weighted by atomic mass is 9.91. The third kappa shape index (κ3) is 6.03. The van der Waals surface area contributed by atoms with Crippen molar-refractivity contribution in [2.45, 2.75) is 45.1 Å². The molecule has 0 amide bonds. The van der Waals surface area contributed by atoms with Gasteiger partial charge in [-0.1, -0.05) is 19.3 Å². The van der Waals surface area contributed by atoms with Gasteiger partial charge in [0.1, 0.15) is 0 Å². The Kier molecular flexibility index (Phi) is 7.55. The molecule has 0 bridgehead atoms. The van der Waals surface area contributed by atoms with Gasteiger partial charge in [-0.05, 0) is 25.7 Å². The lowest BCUT2D eigenvalue weighted by molar-refractivity contribution is 0.383. The molecule has 3 N–H and O–H groups in total. The molecule has 0 unspecified atom stereocenters. The maximum atomic E-state index is 11.7. The third-order valence-electron chi connectivity index (χ3n) is 2.91. The van der Waals surface area contributed by atoms with Gasteiger partial charge in [-0.2, -0.15) is 0 Å². The fraction of sp³-hybridized carbons (Fsp3) is 1.00. The number of rotatable bonds is 5. The zero-order valence-corrected chi connectivity index (χ0v) is 11.4. The van der Waals surface area contributed by atoms with Crippen LogP contribution in [-0.4, -0.2) is 26.8 Å². The van der Waals surface area contributed by atoms with Gasteiger partial charge in [-0.15, -0.1) is 12.4 Å². The molecule has 0 saturated heterocycles. The van der Waals surface area contributed by atoms with Crippen molar-refractivity contribution in [2.24, 2.45) is 11.7 Å². The lowest BCUT2D eigenvalue weighted by Crippen LogP contribution is -2.40. The van der Waals surface area contributed by atoms with Gasteiger partial charge in [0.15, 0.2) is 0 Å². The molecule has 0 aromatic carbocycles. The van der Waals surface area contributed by atoms with Crippen LogP contribution in [0.25, 0.3) is 0 Å². The topological polar surface area (TPSA) is 72.2 Å². The number of nitrogens with two attached hydrogens (primary N) is 1. The summed E-state index contributed by atoms with van der Waals surface area (Å²) < 4.78 is 26.0. The average molecular weight is 271 g/mol. The predicted molar refractivity (Wildman–Crippen MR) is 69.3 cm³/mol. The van der Waals surface area contributed by atoms with E-state index >= 15 is 0 Å². The smallest absolute Gasteiger partial charge is 0.212 e. The number of hydrogen-bond acceptors (Lipinski definition) is 3. The van der Waals surface area contributed by atoms with E-state index in [-0.39, 0.29) is 24.2 Å². The first kappa shape index (κ1) is 16.2. The van der Waals surface area contributed by atoms with Crippen LogP contribution in [0.2, 0.25) is 0 Å². The van der Waals surface area contributed by atoms with Gasteiger partial charge in [0, 0.05) is 12.6 Å². The van der Waals surface area contributed by atoms with Crippen LogP contribution in [-0.2, 0) is 10.0 Å². The highest BCUT2D eigenvalue weighted by Crippen LogP contribution is 2.24. The molecule has 0 aliphatic heterocycles. The molecule has 1 rings (SSSR count). The maximum Gasteiger partial charge on any atom is 0.212 e. The van der Waals surface area contributed by atoms with Crippen molar-refractivity contribution in [3.05, 3.63) is 0 Å². The van der Waals surface area contributed by atoms with Crippen LogP contribution in [0.1, 0.15) is 39.0 Å². The van der Waals surface area contributed by atoms with Crippen molar-refractivity contribution in [3.8, 4) is 0 Å². The fourth-order valence-electron chi connectivity index (χ4n) is 2.07. The Balaban J connectivity index is 0.00000225. The predicted octanol–water partition coefficient (Wildman–Crippen LogP) is 1.26. The number of halogens is 1. The molecular formula is C10H23ClN2O2S. The van der Waals surface area contributed by atoms with E-state index in [4.69, 9.17) is 5.73 Å². The molecule has 0 aromatic heterocycles. The SMILES string of the molecule is C[C@@H](CN)NS(=O)(=O)CC1CCCCC1.Cl. The second-order valence-electron chi connectivity index (χ2n) is 4.54. The van der Waals surface area contributed by atoms with Gasteiger partial charge < -0.3 is 5.73 Å². The largest absolute Gasteiger partial charge is 0.329 e. The van der Waals surface area contributed by atoms with E-state index in [1.54, 1.807) is 6.92 Å². The Hall–Kier alpha value is 0.160. The summed E-state index contributed by atoms with van der Waals surface area (Å²) in [5, 5.41) is 0. The van der Waals surface area contributed by atoms with E-state index in [1.807, 2.05) is 0 Å². The summed E-state index contributed by atoms with van der Waals surface area (Å²) in [4.78, 5) is 0. The van der Waals surface area contributed by atoms with Gasteiger partial charge in [-0.3, -0.25) is 0 Å². The summed E-state index contributed by atoms with van der Waals surface area (Å²) in [6, 6.07) is -0.154. The van der Waals surface area contributed by atoms with E-state index in [0.29, 0.717) is 12.5 Å². The molecule has 0 spiro atoms. The van der Waals surface area contributed by atoms with Gasteiger partial charge in [0.05, 0.1) is 5.75 Å². The van der Waals surface area contributed by atoms with E-state index in [1.165, 1.54) is 19.3 Å². The van der Waals surface area contributed by atoms with Crippen LogP contribution in [0, 0.1) is 5.92 Å². The number of nitrogens with one attached hydrogen (secondary N) is 1. The molecule has 1 saturated carbocycles.